The van der Waals surface area contributed by atoms with Gasteiger partial charge in [-0.2, -0.15) is 13.2 Å². The van der Waals surface area contributed by atoms with Crippen molar-refractivity contribution in [1.82, 2.24) is 20.5 Å². The predicted octanol–water partition coefficient (Wildman–Crippen LogP) is 3.40. The second-order valence-electron chi connectivity index (χ2n) is 7.35. The Morgan fingerprint density at radius 1 is 1.23 bits per heavy atom. The molecule has 3 N–H and O–H groups in total. The molecule has 10 heteroatoms. The normalized spacial score (nSPS) is 18.5. The molecule has 1 aromatic heterocycles. The van der Waals surface area contributed by atoms with Crippen LogP contribution in [0.3, 0.4) is 0 Å². The monoisotopic (exact) mass is 430 g/mol. The SMILES string of the molecule is Cc1cc(NC2N=CC=C(C(F)(F)F)N2)cc(-c2ccc(CN3CCNC3=O)nc2)c1. The van der Waals surface area contributed by atoms with E-state index in [1.807, 2.05) is 37.3 Å². The number of urea groups is 1. The number of amides is 2. The first-order chi connectivity index (χ1) is 14.8. The summed E-state index contributed by atoms with van der Waals surface area (Å²) >= 11 is 0. The first kappa shape index (κ1) is 20.7. The Kier molecular flexibility index (Phi) is 5.53. The Bertz CT molecular complexity index is 1030. The van der Waals surface area contributed by atoms with Gasteiger partial charge in [-0.1, -0.05) is 12.1 Å². The first-order valence-electron chi connectivity index (χ1n) is 9.71. The highest BCUT2D eigenvalue weighted by molar-refractivity contribution is 5.76. The minimum Gasteiger partial charge on any atom is -0.347 e. The Hall–Kier alpha value is -3.56. The molecule has 2 aromatic rings. The number of carbonyl (C=O) groups excluding carboxylic acids is 1. The second-order valence-corrected chi connectivity index (χ2v) is 7.35. The Balaban J connectivity index is 1.47. The smallest absolute Gasteiger partial charge is 0.347 e. The van der Waals surface area contributed by atoms with Gasteiger partial charge >= 0.3 is 12.2 Å². The van der Waals surface area contributed by atoms with Crippen molar-refractivity contribution < 1.29 is 18.0 Å². The number of nitrogens with one attached hydrogen (secondary N) is 3. The molecule has 162 valence electrons. The number of anilines is 1. The van der Waals surface area contributed by atoms with Gasteiger partial charge in [0, 0.05) is 36.8 Å². The number of pyridine rings is 1. The van der Waals surface area contributed by atoms with Crippen molar-refractivity contribution in [3.63, 3.8) is 0 Å². The molecule has 31 heavy (non-hydrogen) atoms. The number of halogens is 3. The Labute approximate surface area is 177 Å². The van der Waals surface area contributed by atoms with Gasteiger partial charge in [-0.3, -0.25) is 4.98 Å². The number of hydrogen-bond donors (Lipinski definition) is 3. The summed E-state index contributed by atoms with van der Waals surface area (Å²) in [7, 11) is 0. The summed E-state index contributed by atoms with van der Waals surface area (Å²) in [6.07, 6.45) is -1.63. The number of hydrogen-bond acceptors (Lipinski definition) is 5. The van der Waals surface area contributed by atoms with Crippen molar-refractivity contribution in [3.8, 4) is 11.1 Å². The lowest BCUT2D eigenvalue weighted by atomic mass is 10.0. The van der Waals surface area contributed by atoms with Crippen LogP contribution in [0.5, 0.6) is 0 Å². The van der Waals surface area contributed by atoms with Crippen molar-refractivity contribution in [2.45, 2.75) is 25.9 Å². The number of nitrogens with zero attached hydrogens (tertiary/aromatic N) is 3. The molecule has 0 radical (unpaired) electrons. The van der Waals surface area contributed by atoms with Crippen LogP contribution in [-0.2, 0) is 6.54 Å². The van der Waals surface area contributed by atoms with E-state index in [2.05, 4.69) is 25.9 Å². The van der Waals surface area contributed by atoms with Gasteiger partial charge in [0.05, 0.1) is 12.2 Å². The lowest BCUT2D eigenvalue weighted by molar-refractivity contribution is -0.0975. The molecule has 3 heterocycles. The molecule has 2 aliphatic heterocycles. The second kappa shape index (κ2) is 8.29. The van der Waals surface area contributed by atoms with Crippen molar-refractivity contribution in [1.29, 1.82) is 0 Å². The third-order valence-corrected chi connectivity index (χ3v) is 4.91. The summed E-state index contributed by atoms with van der Waals surface area (Å²) in [5.74, 6) is 0. The van der Waals surface area contributed by atoms with Crippen molar-refractivity contribution in [2.24, 2.45) is 4.99 Å². The fraction of sp³-hybridized carbons (Fsp3) is 0.286. The zero-order valence-electron chi connectivity index (χ0n) is 16.7. The molecule has 0 spiro atoms. The number of allylic oxidation sites excluding steroid dienone is 2. The van der Waals surface area contributed by atoms with Crippen LogP contribution in [0.1, 0.15) is 11.3 Å². The summed E-state index contributed by atoms with van der Waals surface area (Å²) < 4.78 is 38.8. The molecule has 4 rings (SSSR count). The zero-order chi connectivity index (χ0) is 22.0. The fourth-order valence-corrected chi connectivity index (χ4v) is 3.42. The highest BCUT2D eigenvalue weighted by Gasteiger charge is 2.35. The van der Waals surface area contributed by atoms with Gasteiger partial charge in [-0.05, 0) is 42.3 Å². The van der Waals surface area contributed by atoms with Crippen LogP contribution >= 0.6 is 0 Å². The number of aliphatic imine (C=N–C) groups is 1. The molecule has 1 unspecified atom stereocenters. The van der Waals surface area contributed by atoms with E-state index < -0.39 is 18.2 Å². The molecule has 2 aliphatic rings. The number of aromatic nitrogens is 1. The van der Waals surface area contributed by atoms with Crippen molar-refractivity contribution >= 4 is 17.9 Å². The lowest BCUT2D eigenvalue weighted by Crippen LogP contribution is -2.40. The molecule has 2 amide bonds. The molecule has 7 nitrogen and oxygen atoms in total. The van der Waals surface area contributed by atoms with Crippen LogP contribution in [0.4, 0.5) is 23.7 Å². The van der Waals surface area contributed by atoms with E-state index in [1.165, 1.54) is 0 Å². The average Bonchev–Trinajstić information content (AvgIpc) is 3.12. The Morgan fingerprint density at radius 3 is 2.74 bits per heavy atom. The van der Waals surface area contributed by atoms with Crippen LogP contribution in [-0.4, -0.2) is 47.7 Å². The van der Waals surface area contributed by atoms with Crippen LogP contribution in [0, 0.1) is 6.92 Å². The number of rotatable bonds is 5. The quantitative estimate of drug-likeness (QED) is 0.679. The van der Waals surface area contributed by atoms with E-state index in [4.69, 9.17) is 0 Å². The summed E-state index contributed by atoms with van der Waals surface area (Å²) in [6.45, 7) is 3.63. The average molecular weight is 430 g/mol. The van der Waals surface area contributed by atoms with E-state index in [1.54, 1.807) is 11.1 Å². The summed E-state index contributed by atoms with van der Waals surface area (Å²) in [4.78, 5) is 21.8. The summed E-state index contributed by atoms with van der Waals surface area (Å²) in [5, 5.41) is 8.08. The molecule has 0 bridgehead atoms. The predicted molar refractivity (Wildman–Crippen MR) is 111 cm³/mol. The third kappa shape index (κ3) is 4.96. The molecule has 1 saturated heterocycles. The van der Waals surface area contributed by atoms with Gasteiger partial charge in [-0.25, -0.2) is 9.79 Å². The van der Waals surface area contributed by atoms with Gasteiger partial charge in [0.1, 0.15) is 5.70 Å². The number of alkyl halides is 3. The maximum Gasteiger partial charge on any atom is 0.431 e. The molecule has 0 aliphatic carbocycles. The van der Waals surface area contributed by atoms with Crippen LogP contribution in [0.2, 0.25) is 0 Å². The summed E-state index contributed by atoms with van der Waals surface area (Å²) in [5.41, 5.74) is 3.22. The molecule has 1 atom stereocenters. The number of benzene rings is 1. The third-order valence-electron chi connectivity index (χ3n) is 4.91. The fourth-order valence-electron chi connectivity index (χ4n) is 3.42. The van der Waals surface area contributed by atoms with Crippen molar-refractivity contribution in [2.75, 3.05) is 18.4 Å². The topological polar surface area (TPSA) is 81.7 Å². The van der Waals surface area contributed by atoms with E-state index >= 15 is 0 Å². The van der Waals surface area contributed by atoms with Gasteiger partial charge in [0.15, 0.2) is 6.29 Å². The lowest BCUT2D eigenvalue weighted by Gasteiger charge is -2.24. The van der Waals surface area contributed by atoms with Gasteiger partial charge in [0.2, 0.25) is 0 Å². The van der Waals surface area contributed by atoms with E-state index in [0.717, 1.165) is 34.7 Å². The maximum absolute atomic E-state index is 12.9. The largest absolute Gasteiger partial charge is 0.431 e. The van der Waals surface area contributed by atoms with Gasteiger partial charge in [0.25, 0.3) is 0 Å². The highest BCUT2D eigenvalue weighted by Crippen LogP contribution is 2.27. The number of carbonyl (C=O) groups is 1. The van der Waals surface area contributed by atoms with E-state index in [9.17, 15) is 18.0 Å². The van der Waals surface area contributed by atoms with Crippen LogP contribution < -0.4 is 16.0 Å². The summed E-state index contributed by atoms with van der Waals surface area (Å²) in [6, 6.07) is 9.32. The molecule has 1 aromatic carbocycles. The maximum atomic E-state index is 12.9. The van der Waals surface area contributed by atoms with Gasteiger partial charge < -0.3 is 20.9 Å². The van der Waals surface area contributed by atoms with Crippen LogP contribution in [0.15, 0.2) is 53.3 Å². The van der Waals surface area contributed by atoms with Crippen molar-refractivity contribution in [3.05, 3.63) is 59.6 Å². The molecule has 1 fully saturated rings. The molecular weight excluding hydrogens is 409 g/mol. The van der Waals surface area contributed by atoms with Crippen LogP contribution in [0.25, 0.3) is 11.1 Å². The standard InChI is InChI=1S/C21H21F3N6O/c1-13-8-15(14-2-3-16(27-11-14)12-30-7-6-26-20(30)31)10-17(9-13)28-19-25-5-4-18(29-19)21(22,23)24/h2-5,8-11,19,28-29H,6-7,12H2,1H3,(H,26,31). The van der Waals surface area contributed by atoms with Gasteiger partial charge in [-0.15, -0.1) is 0 Å². The Morgan fingerprint density at radius 2 is 2.06 bits per heavy atom. The minimum atomic E-state index is -4.46. The van der Waals surface area contributed by atoms with E-state index in [-0.39, 0.29) is 6.03 Å². The first-order valence-corrected chi connectivity index (χ1v) is 9.71. The highest BCUT2D eigenvalue weighted by atomic mass is 19.4. The van der Waals surface area contributed by atoms with E-state index in [0.29, 0.717) is 25.3 Å². The minimum absolute atomic E-state index is 0.0946. The zero-order valence-corrected chi connectivity index (χ0v) is 16.7. The molecule has 0 saturated carbocycles. The molecular formula is C21H21F3N6O. The number of aryl methyl sites for hydroxylation is 1.